The first-order valence-electron chi connectivity index (χ1n) is 6.14. The van der Waals surface area contributed by atoms with Crippen LogP contribution in [0.2, 0.25) is 0 Å². The van der Waals surface area contributed by atoms with Crippen LogP contribution in [0.25, 0.3) is 0 Å². The van der Waals surface area contributed by atoms with Crippen LogP contribution in [0.1, 0.15) is 30.1 Å². The summed E-state index contributed by atoms with van der Waals surface area (Å²) in [7, 11) is -3.44. The van der Waals surface area contributed by atoms with Crippen LogP contribution >= 0.6 is 0 Å². The van der Waals surface area contributed by atoms with Gasteiger partial charge in [-0.15, -0.1) is 0 Å². The van der Waals surface area contributed by atoms with Gasteiger partial charge in [-0.05, 0) is 30.4 Å². The normalized spacial score (nSPS) is 30.8. The van der Waals surface area contributed by atoms with Crippen LogP contribution < -0.4 is 0 Å². The number of benzene rings is 1. The van der Waals surface area contributed by atoms with Gasteiger partial charge in [0, 0.05) is 0 Å². The summed E-state index contributed by atoms with van der Waals surface area (Å²) in [5, 5.41) is 0. The van der Waals surface area contributed by atoms with E-state index in [4.69, 9.17) is 8.92 Å². The Kier molecular flexibility index (Phi) is 2.92. The first kappa shape index (κ1) is 12.1. The summed E-state index contributed by atoms with van der Waals surface area (Å²) in [6, 6.07) is 8.04. The first-order chi connectivity index (χ1) is 8.53. The minimum absolute atomic E-state index is 0.198. The Morgan fingerprint density at radius 2 is 2.06 bits per heavy atom. The predicted octanol–water partition coefficient (Wildman–Crippen LogP) is 1.81. The van der Waals surface area contributed by atoms with Gasteiger partial charge in [-0.3, -0.25) is 4.18 Å². The molecule has 0 aromatic heterocycles. The summed E-state index contributed by atoms with van der Waals surface area (Å²) in [6.07, 6.45) is 3.15. The third-order valence-electron chi connectivity index (χ3n) is 3.56. The van der Waals surface area contributed by atoms with Crippen molar-refractivity contribution in [2.24, 2.45) is 0 Å². The van der Waals surface area contributed by atoms with Crippen LogP contribution in [0.5, 0.6) is 0 Å². The van der Waals surface area contributed by atoms with Gasteiger partial charge in [0.15, 0.2) is 0 Å². The van der Waals surface area contributed by atoms with Gasteiger partial charge >= 0.3 is 0 Å². The maximum atomic E-state index is 11.3. The summed E-state index contributed by atoms with van der Waals surface area (Å²) >= 11 is 0. The zero-order chi connectivity index (χ0) is 12.8. The van der Waals surface area contributed by atoms with Gasteiger partial charge in [0.2, 0.25) is 0 Å². The average Bonchev–Trinajstić information content (AvgIpc) is 2.31. The molecular weight excluding hydrogens is 252 g/mol. The topological polar surface area (TPSA) is 52.6 Å². The number of hydrogen-bond donors (Lipinski definition) is 0. The third kappa shape index (κ3) is 2.30. The van der Waals surface area contributed by atoms with Crippen LogP contribution in [0, 0.1) is 0 Å². The van der Waals surface area contributed by atoms with Crippen LogP contribution in [0.4, 0.5) is 0 Å². The van der Waals surface area contributed by atoms with Gasteiger partial charge in [0.1, 0.15) is 12.2 Å². The number of fused-ring (bicyclic) bond motifs is 4. The molecular formula is C13H16O4S. The van der Waals surface area contributed by atoms with E-state index in [1.807, 2.05) is 18.2 Å². The molecule has 0 radical (unpaired) electrons. The molecule has 0 spiro atoms. The Morgan fingerprint density at radius 1 is 1.28 bits per heavy atom. The largest absolute Gasteiger partial charge is 0.367 e. The van der Waals surface area contributed by atoms with E-state index in [2.05, 4.69) is 6.07 Å². The highest BCUT2D eigenvalue weighted by Crippen LogP contribution is 2.40. The van der Waals surface area contributed by atoms with Crippen LogP contribution in [-0.4, -0.2) is 26.9 Å². The van der Waals surface area contributed by atoms with Crippen LogP contribution in [0.15, 0.2) is 24.3 Å². The van der Waals surface area contributed by atoms with Gasteiger partial charge < -0.3 is 4.74 Å². The molecule has 1 unspecified atom stereocenters. The highest BCUT2D eigenvalue weighted by molar-refractivity contribution is 7.86. The monoisotopic (exact) mass is 268 g/mol. The zero-order valence-electron chi connectivity index (χ0n) is 10.2. The van der Waals surface area contributed by atoms with E-state index in [9.17, 15) is 8.42 Å². The van der Waals surface area contributed by atoms with Gasteiger partial charge in [-0.1, -0.05) is 24.3 Å². The fraction of sp³-hybridized carbons (Fsp3) is 0.538. The second-order valence-electron chi connectivity index (χ2n) is 5.00. The highest BCUT2D eigenvalue weighted by Gasteiger charge is 2.39. The zero-order valence-corrected chi connectivity index (χ0v) is 11.0. The van der Waals surface area contributed by atoms with Gasteiger partial charge in [-0.2, -0.15) is 8.42 Å². The molecule has 2 bridgehead atoms. The van der Waals surface area contributed by atoms with Gasteiger partial charge in [-0.25, -0.2) is 0 Å². The molecule has 2 aliphatic rings. The summed E-state index contributed by atoms with van der Waals surface area (Å²) in [5.41, 5.74) is 2.32. The lowest BCUT2D eigenvalue weighted by Gasteiger charge is -2.40. The van der Waals surface area contributed by atoms with Gasteiger partial charge in [0.05, 0.1) is 12.4 Å². The molecule has 2 heterocycles. The van der Waals surface area contributed by atoms with E-state index < -0.39 is 16.2 Å². The lowest BCUT2D eigenvalue weighted by Crippen LogP contribution is -2.40. The summed E-state index contributed by atoms with van der Waals surface area (Å²) < 4.78 is 33.7. The molecule has 0 aliphatic carbocycles. The van der Waals surface area contributed by atoms with Crippen molar-refractivity contribution in [1.82, 2.24) is 0 Å². The molecule has 3 atom stereocenters. The minimum Gasteiger partial charge on any atom is -0.367 e. The average molecular weight is 268 g/mol. The van der Waals surface area contributed by atoms with Crippen molar-refractivity contribution in [3.8, 4) is 0 Å². The van der Waals surface area contributed by atoms with Crippen LogP contribution in [-0.2, 0) is 25.5 Å². The van der Waals surface area contributed by atoms with E-state index in [1.54, 1.807) is 0 Å². The molecule has 0 saturated carbocycles. The highest BCUT2D eigenvalue weighted by atomic mass is 32.2. The lowest BCUT2D eigenvalue weighted by molar-refractivity contribution is -0.118. The summed E-state index contributed by atoms with van der Waals surface area (Å²) in [5.74, 6) is 0. The molecule has 0 amide bonds. The molecule has 0 N–H and O–H groups in total. The first-order valence-corrected chi connectivity index (χ1v) is 7.96. The lowest BCUT2D eigenvalue weighted by atomic mass is 9.85. The number of hydrogen-bond acceptors (Lipinski definition) is 4. The van der Waals surface area contributed by atoms with Crippen molar-refractivity contribution in [3.63, 3.8) is 0 Å². The van der Waals surface area contributed by atoms with Crippen molar-refractivity contribution in [2.45, 2.75) is 37.6 Å². The molecule has 2 aliphatic heterocycles. The Labute approximate surface area is 107 Å². The molecule has 18 heavy (non-hydrogen) atoms. The number of rotatable bonds is 2. The van der Waals surface area contributed by atoms with E-state index in [0.717, 1.165) is 31.1 Å². The summed E-state index contributed by atoms with van der Waals surface area (Å²) in [4.78, 5) is 0. The molecule has 1 fully saturated rings. The van der Waals surface area contributed by atoms with E-state index >= 15 is 0 Å². The smallest absolute Gasteiger partial charge is 0.264 e. The van der Waals surface area contributed by atoms with Crippen molar-refractivity contribution >= 4 is 10.1 Å². The fourth-order valence-corrected chi connectivity index (χ4v) is 3.50. The molecule has 4 nitrogen and oxygen atoms in total. The maximum Gasteiger partial charge on any atom is 0.264 e. The molecule has 1 saturated heterocycles. The predicted molar refractivity (Wildman–Crippen MR) is 66.7 cm³/mol. The minimum atomic E-state index is -3.44. The number of ether oxygens (including phenoxy) is 1. The van der Waals surface area contributed by atoms with Crippen molar-refractivity contribution < 1.29 is 17.3 Å². The fourth-order valence-electron chi connectivity index (χ4n) is 2.85. The maximum absolute atomic E-state index is 11.3. The van der Waals surface area contributed by atoms with E-state index in [0.29, 0.717) is 0 Å². The van der Waals surface area contributed by atoms with Gasteiger partial charge in [0.25, 0.3) is 10.1 Å². The molecule has 98 valence electrons. The van der Waals surface area contributed by atoms with Crippen molar-refractivity contribution in [2.75, 3.05) is 6.26 Å². The molecule has 3 rings (SSSR count). The molecule has 5 heteroatoms. The van der Waals surface area contributed by atoms with Crippen molar-refractivity contribution in [1.29, 1.82) is 0 Å². The van der Waals surface area contributed by atoms with E-state index in [1.165, 1.54) is 5.56 Å². The Bertz CT molecular complexity index is 552. The second kappa shape index (κ2) is 4.33. The van der Waals surface area contributed by atoms with Crippen molar-refractivity contribution in [3.05, 3.63) is 35.4 Å². The SMILES string of the molecule is CS(=O)(=O)OC1CC[C@H]2Cc3ccccc3[C@@H]1O2. The molecule has 1 aromatic carbocycles. The Hall–Kier alpha value is -0.910. The quantitative estimate of drug-likeness (QED) is 0.768. The molecule has 1 aromatic rings. The standard InChI is InChI=1S/C13H16O4S/c1-18(14,15)17-12-7-6-10-8-9-4-2-3-5-11(9)13(12)16-10/h2-5,10,12-13H,6-8H2,1H3/t10-,12?,13-/m0/s1. The summed E-state index contributed by atoms with van der Waals surface area (Å²) in [6.45, 7) is 0. The third-order valence-corrected chi connectivity index (χ3v) is 4.15. The van der Waals surface area contributed by atoms with E-state index in [-0.39, 0.29) is 12.2 Å². The van der Waals surface area contributed by atoms with Crippen LogP contribution in [0.3, 0.4) is 0 Å². The Morgan fingerprint density at radius 3 is 2.83 bits per heavy atom. The second-order valence-corrected chi connectivity index (χ2v) is 6.60. The Balaban J connectivity index is 1.94.